The van der Waals surface area contributed by atoms with Crippen molar-refractivity contribution >= 4 is 12.4 Å². The Hall–Kier alpha value is -2.35. The molecular formula is C12H11N2O3. The van der Waals surface area contributed by atoms with Gasteiger partial charge >= 0.3 is 6.09 Å². The van der Waals surface area contributed by atoms with E-state index in [0.29, 0.717) is 0 Å². The molecule has 0 aliphatic heterocycles. The van der Waals surface area contributed by atoms with Gasteiger partial charge in [-0.3, -0.25) is 4.79 Å². The zero-order valence-electron chi connectivity index (χ0n) is 9.05. The molecule has 1 amide bonds. The number of carbonyl (C=O) groups excluding carboxylic acids is 2. The fourth-order valence-corrected chi connectivity index (χ4v) is 1.12. The van der Waals surface area contributed by atoms with Crippen LogP contribution in [0.5, 0.6) is 0 Å². The van der Waals surface area contributed by atoms with Crippen LogP contribution < -0.4 is 5.32 Å². The van der Waals surface area contributed by atoms with E-state index in [4.69, 9.17) is 10.00 Å². The lowest BCUT2D eigenvalue weighted by Crippen LogP contribution is -2.36. The predicted molar refractivity (Wildman–Crippen MR) is 59.5 cm³/mol. The summed E-state index contributed by atoms with van der Waals surface area (Å²) in [6.45, 7) is 0.116. The van der Waals surface area contributed by atoms with E-state index in [1.807, 2.05) is 30.3 Å². The maximum atomic E-state index is 11.2. The number of nitriles is 1. The predicted octanol–water partition coefficient (Wildman–Crippen LogP) is 1.30. The van der Waals surface area contributed by atoms with Gasteiger partial charge in [0.15, 0.2) is 0 Å². The number of ether oxygens (including phenoxy) is 1. The fourth-order valence-electron chi connectivity index (χ4n) is 1.12. The molecule has 1 aromatic rings. The van der Waals surface area contributed by atoms with E-state index in [2.05, 4.69) is 5.32 Å². The van der Waals surface area contributed by atoms with E-state index in [-0.39, 0.29) is 13.0 Å². The van der Waals surface area contributed by atoms with Crippen molar-refractivity contribution in [1.82, 2.24) is 5.32 Å². The van der Waals surface area contributed by atoms with Crippen LogP contribution in [0, 0.1) is 11.3 Å². The average molecular weight is 231 g/mol. The second-order valence-electron chi connectivity index (χ2n) is 3.24. The van der Waals surface area contributed by atoms with Crippen molar-refractivity contribution in [1.29, 1.82) is 5.26 Å². The monoisotopic (exact) mass is 231 g/mol. The summed E-state index contributed by atoms with van der Waals surface area (Å²) in [6.07, 6.45) is 0.688. The van der Waals surface area contributed by atoms with Gasteiger partial charge < -0.3 is 10.1 Å². The number of nitrogens with one attached hydrogen (secondary N) is 1. The number of benzene rings is 1. The SMILES string of the molecule is N#CC[C@@H]([C]=O)NC(=O)OCc1ccccc1. The van der Waals surface area contributed by atoms with Crippen LogP contribution in [0.1, 0.15) is 12.0 Å². The highest BCUT2D eigenvalue weighted by Gasteiger charge is 2.12. The number of hydrogen-bond donors (Lipinski definition) is 1. The number of hydrogen-bond acceptors (Lipinski definition) is 4. The molecule has 0 bridgehead atoms. The van der Waals surface area contributed by atoms with Crippen LogP contribution in [0.25, 0.3) is 0 Å². The van der Waals surface area contributed by atoms with E-state index < -0.39 is 12.1 Å². The first-order valence-electron chi connectivity index (χ1n) is 4.98. The normalized spacial score (nSPS) is 11.0. The van der Waals surface area contributed by atoms with Gasteiger partial charge in [0.1, 0.15) is 12.6 Å². The van der Waals surface area contributed by atoms with Gasteiger partial charge in [-0.15, -0.1) is 0 Å². The van der Waals surface area contributed by atoms with Crippen molar-refractivity contribution in [3.8, 4) is 6.07 Å². The smallest absolute Gasteiger partial charge is 0.408 e. The molecule has 0 saturated carbocycles. The van der Waals surface area contributed by atoms with Crippen LogP contribution in [0.3, 0.4) is 0 Å². The van der Waals surface area contributed by atoms with Crippen LogP contribution in [0.4, 0.5) is 4.79 Å². The summed E-state index contributed by atoms with van der Waals surface area (Å²) in [7, 11) is 0. The van der Waals surface area contributed by atoms with Gasteiger partial charge in [0.25, 0.3) is 0 Å². The molecule has 0 aliphatic carbocycles. The Morgan fingerprint density at radius 1 is 1.41 bits per heavy atom. The van der Waals surface area contributed by atoms with Gasteiger partial charge in [-0.2, -0.15) is 5.26 Å². The number of nitrogens with zero attached hydrogens (tertiary/aromatic N) is 1. The maximum absolute atomic E-state index is 11.2. The maximum Gasteiger partial charge on any atom is 0.408 e. The Bertz CT molecular complexity index is 412. The summed E-state index contributed by atoms with van der Waals surface area (Å²) in [5.41, 5.74) is 0.842. The molecule has 1 aromatic carbocycles. The van der Waals surface area contributed by atoms with Gasteiger partial charge in [-0.1, -0.05) is 30.3 Å². The molecule has 5 heteroatoms. The Labute approximate surface area is 99.0 Å². The molecule has 0 aliphatic rings. The van der Waals surface area contributed by atoms with Gasteiger partial charge in [0.05, 0.1) is 12.5 Å². The molecular weight excluding hydrogens is 220 g/mol. The van der Waals surface area contributed by atoms with Crippen LogP contribution >= 0.6 is 0 Å². The first kappa shape index (κ1) is 12.7. The van der Waals surface area contributed by atoms with Gasteiger partial charge in [0.2, 0.25) is 6.29 Å². The minimum atomic E-state index is -0.941. The third-order valence-corrected chi connectivity index (χ3v) is 1.94. The Balaban J connectivity index is 2.35. The second kappa shape index (κ2) is 7.01. The van der Waals surface area contributed by atoms with E-state index in [1.165, 1.54) is 0 Å². The molecule has 0 heterocycles. The minimum Gasteiger partial charge on any atom is -0.445 e. The third kappa shape index (κ3) is 4.80. The van der Waals surface area contributed by atoms with Crippen LogP contribution in [0.2, 0.25) is 0 Å². The number of rotatable bonds is 5. The second-order valence-corrected chi connectivity index (χ2v) is 3.24. The van der Waals surface area contributed by atoms with Crippen molar-refractivity contribution in [2.24, 2.45) is 0 Å². The summed E-state index contributed by atoms with van der Waals surface area (Å²) < 4.78 is 4.87. The zero-order valence-corrected chi connectivity index (χ0v) is 9.05. The lowest BCUT2D eigenvalue weighted by atomic mass is 10.2. The van der Waals surface area contributed by atoms with Crippen LogP contribution in [0.15, 0.2) is 30.3 Å². The van der Waals surface area contributed by atoms with Crippen molar-refractivity contribution in [2.75, 3.05) is 0 Å². The molecule has 1 atom stereocenters. The van der Waals surface area contributed by atoms with E-state index >= 15 is 0 Å². The number of amides is 1. The average Bonchev–Trinajstić information content (AvgIpc) is 2.37. The van der Waals surface area contributed by atoms with Gasteiger partial charge in [-0.25, -0.2) is 4.79 Å². The van der Waals surface area contributed by atoms with Crippen molar-refractivity contribution in [2.45, 2.75) is 19.1 Å². The molecule has 0 spiro atoms. The highest BCUT2D eigenvalue weighted by atomic mass is 16.5. The van der Waals surface area contributed by atoms with E-state index in [9.17, 15) is 9.59 Å². The minimum absolute atomic E-state index is 0.116. The topological polar surface area (TPSA) is 79.2 Å². The molecule has 0 aromatic heterocycles. The molecule has 1 radical (unpaired) electrons. The lowest BCUT2D eigenvalue weighted by molar-refractivity contribution is 0.138. The molecule has 0 fully saturated rings. The van der Waals surface area contributed by atoms with Crippen molar-refractivity contribution < 1.29 is 14.3 Å². The lowest BCUT2D eigenvalue weighted by Gasteiger charge is -2.09. The quantitative estimate of drug-likeness (QED) is 0.828. The van der Waals surface area contributed by atoms with Crippen LogP contribution in [-0.4, -0.2) is 18.4 Å². The summed E-state index contributed by atoms with van der Waals surface area (Å²) in [5, 5.41) is 10.6. The highest BCUT2D eigenvalue weighted by molar-refractivity contribution is 5.73. The Morgan fingerprint density at radius 2 is 2.12 bits per heavy atom. The van der Waals surface area contributed by atoms with E-state index in [1.54, 1.807) is 12.4 Å². The Kier molecular flexibility index (Phi) is 5.25. The molecule has 17 heavy (non-hydrogen) atoms. The fraction of sp³-hybridized carbons (Fsp3) is 0.250. The summed E-state index contributed by atoms with van der Waals surface area (Å²) in [5.74, 6) is 0. The van der Waals surface area contributed by atoms with Crippen molar-refractivity contribution in [3.63, 3.8) is 0 Å². The first-order chi connectivity index (χ1) is 8.26. The standard InChI is InChI=1S/C12H11N2O3/c13-7-6-11(8-15)14-12(16)17-9-10-4-2-1-3-5-10/h1-5,11H,6,9H2,(H,14,16)/t11-/m0/s1. The molecule has 5 nitrogen and oxygen atoms in total. The van der Waals surface area contributed by atoms with Gasteiger partial charge in [0, 0.05) is 0 Å². The third-order valence-electron chi connectivity index (χ3n) is 1.94. The number of carbonyl (C=O) groups is 1. The largest absolute Gasteiger partial charge is 0.445 e. The molecule has 87 valence electrons. The van der Waals surface area contributed by atoms with Crippen molar-refractivity contribution in [3.05, 3.63) is 35.9 Å². The molecule has 0 saturated heterocycles. The van der Waals surface area contributed by atoms with Crippen LogP contribution in [-0.2, 0) is 16.1 Å². The Morgan fingerprint density at radius 3 is 2.71 bits per heavy atom. The van der Waals surface area contributed by atoms with Gasteiger partial charge in [-0.05, 0) is 5.56 Å². The highest BCUT2D eigenvalue weighted by Crippen LogP contribution is 2.00. The number of alkyl carbamates (subject to hydrolysis) is 1. The zero-order chi connectivity index (χ0) is 12.5. The summed E-state index contributed by atoms with van der Waals surface area (Å²) in [6, 6.07) is 9.96. The molecule has 1 rings (SSSR count). The summed E-state index contributed by atoms with van der Waals surface area (Å²) >= 11 is 0. The molecule has 1 N–H and O–H groups in total. The molecule has 0 unspecified atom stereocenters. The first-order valence-corrected chi connectivity index (χ1v) is 4.98. The summed E-state index contributed by atoms with van der Waals surface area (Å²) in [4.78, 5) is 21.6. The van der Waals surface area contributed by atoms with E-state index in [0.717, 1.165) is 5.56 Å².